The van der Waals surface area contributed by atoms with Gasteiger partial charge in [0.25, 0.3) is 0 Å². The van der Waals surface area contributed by atoms with Crippen molar-refractivity contribution in [2.24, 2.45) is 0 Å². The summed E-state index contributed by atoms with van der Waals surface area (Å²) in [5.41, 5.74) is 0.467. The van der Waals surface area contributed by atoms with Gasteiger partial charge in [0.15, 0.2) is 9.84 Å². The van der Waals surface area contributed by atoms with Gasteiger partial charge in [-0.2, -0.15) is 0 Å². The number of benzene rings is 1. The molecule has 0 saturated carbocycles. The van der Waals surface area contributed by atoms with E-state index in [1.54, 1.807) is 35.7 Å². The molecule has 0 bridgehead atoms. The Morgan fingerprint density at radius 3 is 2.38 bits per heavy atom. The largest absolute Gasteiger partial charge is 0.346 e. The van der Waals surface area contributed by atoms with Crippen molar-refractivity contribution >= 4 is 44.6 Å². The van der Waals surface area contributed by atoms with E-state index in [1.807, 2.05) is 0 Å². The third kappa shape index (κ3) is 4.94. The number of sulfone groups is 1. The first-order valence-corrected chi connectivity index (χ1v) is 10.4. The number of hydrogen-bond acceptors (Lipinski definition) is 5. The van der Waals surface area contributed by atoms with Crippen LogP contribution in [0, 0.1) is 0 Å². The quantitative estimate of drug-likeness (QED) is 0.539. The normalized spacial score (nSPS) is 12.2. The van der Waals surface area contributed by atoms with Crippen molar-refractivity contribution in [3.63, 3.8) is 0 Å². The molecule has 0 fully saturated rings. The molecule has 0 saturated heterocycles. The van der Waals surface area contributed by atoms with Gasteiger partial charge in [0, 0.05) is 18.1 Å². The van der Waals surface area contributed by atoms with E-state index in [0.717, 1.165) is 11.3 Å². The maximum atomic E-state index is 12.9. The first-order valence-electron chi connectivity index (χ1n) is 7.56. The second-order valence-corrected chi connectivity index (χ2v) is 8.97. The second kappa shape index (κ2) is 8.98. The first kappa shape index (κ1) is 20.2. The molecule has 6 nitrogen and oxygen atoms in total. The third-order valence-electron chi connectivity index (χ3n) is 3.45. The number of carbonyl (C=O) groups excluding carboxylic acids is 2. The molecule has 1 heterocycles. The van der Waals surface area contributed by atoms with Crippen LogP contribution in [-0.2, 0) is 19.4 Å². The molecule has 9 heteroatoms. The van der Waals surface area contributed by atoms with E-state index >= 15 is 0 Å². The van der Waals surface area contributed by atoms with Gasteiger partial charge in [-0.3, -0.25) is 9.59 Å². The van der Waals surface area contributed by atoms with Crippen molar-refractivity contribution in [2.75, 3.05) is 13.1 Å². The first-order chi connectivity index (χ1) is 12.4. The molecule has 0 aliphatic heterocycles. The van der Waals surface area contributed by atoms with Gasteiger partial charge in [-0.15, -0.1) is 17.9 Å². The smallest absolute Gasteiger partial charge is 0.309 e. The van der Waals surface area contributed by atoms with Crippen molar-refractivity contribution in [2.45, 2.75) is 9.46 Å². The molecule has 1 aromatic carbocycles. The average molecular weight is 413 g/mol. The van der Waals surface area contributed by atoms with Gasteiger partial charge in [-0.1, -0.05) is 35.9 Å². The maximum absolute atomic E-state index is 12.9. The van der Waals surface area contributed by atoms with Crippen LogP contribution in [0.25, 0.3) is 0 Å². The predicted molar refractivity (Wildman–Crippen MR) is 102 cm³/mol. The Bertz CT molecular complexity index is 878. The molecule has 2 rings (SSSR count). The molecule has 1 atom stereocenters. The summed E-state index contributed by atoms with van der Waals surface area (Å²) in [5, 5.41) is 5.79. The Morgan fingerprint density at radius 2 is 1.81 bits per heavy atom. The van der Waals surface area contributed by atoms with E-state index in [1.165, 1.54) is 12.1 Å². The van der Waals surface area contributed by atoms with E-state index in [0.29, 0.717) is 10.6 Å². The number of amides is 2. The van der Waals surface area contributed by atoms with Gasteiger partial charge < -0.3 is 10.6 Å². The summed E-state index contributed by atoms with van der Waals surface area (Å²) < 4.78 is 26.1. The Morgan fingerprint density at radius 1 is 1.15 bits per heavy atom. The highest BCUT2D eigenvalue weighted by Gasteiger charge is 2.31. The van der Waals surface area contributed by atoms with Crippen LogP contribution in [0.5, 0.6) is 0 Å². The summed E-state index contributed by atoms with van der Waals surface area (Å²) in [4.78, 5) is 23.5. The van der Waals surface area contributed by atoms with Gasteiger partial charge >= 0.3 is 11.8 Å². The average Bonchev–Trinajstić information content (AvgIpc) is 3.16. The fourth-order valence-corrected chi connectivity index (χ4v) is 5.15. The summed E-state index contributed by atoms with van der Waals surface area (Å²) in [6.07, 6.45) is 1.43. The highest BCUT2D eigenvalue weighted by atomic mass is 35.5. The van der Waals surface area contributed by atoms with Crippen molar-refractivity contribution in [3.8, 4) is 0 Å². The molecule has 2 N–H and O–H groups in total. The molecular weight excluding hydrogens is 396 g/mol. The van der Waals surface area contributed by atoms with E-state index in [4.69, 9.17) is 11.6 Å². The number of carbonyl (C=O) groups is 2. The van der Waals surface area contributed by atoms with Crippen LogP contribution < -0.4 is 10.6 Å². The van der Waals surface area contributed by atoms with Gasteiger partial charge in [-0.25, -0.2) is 8.42 Å². The standard InChI is InChI=1S/C17H17ClN2O4S2/c1-2-9-19-16(21)17(22)20-11-14(12-5-7-13(18)8-6-12)26(23,24)15-4-3-10-25-15/h2-8,10,14H,1,9,11H2,(H,19,21)(H,20,22)/t14-/m1/s1. The zero-order chi connectivity index (χ0) is 19.2. The van der Waals surface area contributed by atoms with Gasteiger partial charge in [0.05, 0.1) is 0 Å². The van der Waals surface area contributed by atoms with Crippen LogP contribution in [0.2, 0.25) is 5.02 Å². The highest BCUT2D eigenvalue weighted by molar-refractivity contribution is 7.93. The fourth-order valence-electron chi connectivity index (χ4n) is 2.16. The molecule has 26 heavy (non-hydrogen) atoms. The minimum absolute atomic E-state index is 0.139. The van der Waals surface area contributed by atoms with Gasteiger partial charge in [0.2, 0.25) is 0 Å². The Kier molecular flexibility index (Phi) is 6.96. The van der Waals surface area contributed by atoms with Crippen LogP contribution in [0.4, 0.5) is 0 Å². The van der Waals surface area contributed by atoms with Crippen molar-refractivity contribution in [1.82, 2.24) is 10.6 Å². The topological polar surface area (TPSA) is 92.3 Å². The predicted octanol–water partition coefficient (Wildman–Crippen LogP) is 2.33. The summed E-state index contributed by atoms with van der Waals surface area (Å²) in [7, 11) is -3.75. The van der Waals surface area contributed by atoms with Crippen LogP contribution in [-0.4, -0.2) is 33.3 Å². The molecule has 0 aliphatic carbocycles. The molecule has 2 aromatic rings. The number of thiophene rings is 1. The minimum Gasteiger partial charge on any atom is -0.346 e. The Labute approximate surface area is 160 Å². The van der Waals surface area contributed by atoms with Crippen LogP contribution in [0.15, 0.2) is 58.6 Å². The zero-order valence-corrected chi connectivity index (χ0v) is 16.0. The SMILES string of the molecule is C=CCNC(=O)C(=O)NC[C@H](c1ccc(Cl)cc1)S(=O)(=O)c1cccs1. The van der Waals surface area contributed by atoms with Crippen molar-refractivity contribution in [3.05, 3.63) is 65.0 Å². The third-order valence-corrected chi connectivity index (χ3v) is 7.24. The number of nitrogens with one attached hydrogen (secondary N) is 2. The number of rotatable bonds is 7. The lowest BCUT2D eigenvalue weighted by Gasteiger charge is -2.18. The molecule has 1 aromatic heterocycles. The van der Waals surface area contributed by atoms with Crippen molar-refractivity contribution < 1.29 is 18.0 Å². The van der Waals surface area contributed by atoms with E-state index < -0.39 is 26.9 Å². The lowest BCUT2D eigenvalue weighted by molar-refractivity contribution is -0.139. The Balaban J connectivity index is 2.24. The molecule has 138 valence electrons. The van der Waals surface area contributed by atoms with Gasteiger partial charge in [0.1, 0.15) is 9.46 Å². The van der Waals surface area contributed by atoms with E-state index in [2.05, 4.69) is 17.2 Å². The van der Waals surface area contributed by atoms with Crippen LogP contribution in [0.3, 0.4) is 0 Å². The summed E-state index contributed by atoms with van der Waals surface area (Å²) in [6.45, 7) is 3.33. The zero-order valence-electron chi connectivity index (χ0n) is 13.6. The molecular formula is C17H17ClN2O4S2. The summed E-state index contributed by atoms with van der Waals surface area (Å²) in [6, 6.07) is 9.46. The van der Waals surface area contributed by atoms with Crippen LogP contribution in [0.1, 0.15) is 10.8 Å². The number of hydrogen-bond donors (Lipinski definition) is 2. The van der Waals surface area contributed by atoms with E-state index in [9.17, 15) is 18.0 Å². The van der Waals surface area contributed by atoms with Crippen molar-refractivity contribution in [1.29, 1.82) is 0 Å². The van der Waals surface area contributed by atoms with Gasteiger partial charge in [-0.05, 0) is 29.1 Å². The minimum atomic E-state index is -3.75. The molecule has 0 unspecified atom stereocenters. The molecule has 0 aliphatic rings. The molecule has 0 radical (unpaired) electrons. The van der Waals surface area contributed by atoms with E-state index in [-0.39, 0.29) is 17.3 Å². The lowest BCUT2D eigenvalue weighted by Crippen LogP contribution is -2.42. The highest BCUT2D eigenvalue weighted by Crippen LogP contribution is 2.31. The lowest BCUT2D eigenvalue weighted by atomic mass is 10.1. The number of halogens is 1. The summed E-state index contributed by atoms with van der Waals surface area (Å²) >= 11 is 6.96. The monoisotopic (exact) mass is 412 g/mol. The summed E-state index contributed by atoms with van der Waals surface area (Å²) in [5.74, 6) is -1.76. The Hall–Kier alpha value is -2.16. The molecule has 2 amide bonds. The second-order valence-electron chi connectivity index (χ2n) is 5.23. The van der Waals surface area contributed by atoms with Crippen LogP contribution >= 0.6 is 22.9 Å². The maximum Gasteiger partial charge on any atom is 0.309 e. The molecule has 0 spiro atoms. The fraction of sp³-hybridized carbons (Fsp3) is 0.176.